The fourth-order valence-electron chi connectivity index (χ4n) is 3.28. The molecule has 2 fully saturated rings. The van der Waals surface area contributed by atoms with E-state index in [1.54, 1.807) is 0 Å². The Hall–Kier alpha value is -0.120. The van der Waals surface area contributed by atoms with E-state index < -0.39 is 0 Å². The van der Waals surface area contributed by atoms with Crippen molar-refractivity contribution in [3.05, 3.63) is 0 Å². The van der Waals surface area contributed by atoms with E-state index in [1.165, 1.54) is 45.3 Å². The van der Waals surface area contributed by atoms with Gasteiger partial charge in [0, 0.05) is 31.2 Å². The van der Waals surface area contributed by atoms with Crippen molar-refractivity contribution in [1.29, 1.82) is 0 Å². The van der Waals surface area contributed by atoms with E-state index in [0.29, 0.717) is 6.04 Å². The molecule has 0 aliphatic carbocycles. The van der Waals surface area contributed by atoms with Gasteiger partial charge in [-0.1, -0.05) is 6.92 Å². The molecular weight excluding hydrogens is 198 g/mol. The molecule has 16 heavy (non-hydrogen) atoms. The first-order valence-corrected chi connectivity index (χ1v) is 6.86. The smallest absolute Gasteiger partial charge is 0.0223 e. The summed E-state index contributed by atoms with van der Waals surface area (Å²) in [4.78, 5) is 5.30. The van der Waals surface area contributed by atoms with E-state index in [0.717, 1.165) is 12.1 Å². The first-order chi connectivity index (χ1) is 7.74. The number of rotatable bonds is 4. The molecule has 3 nitrogen and oxygen atoms in total. The van der Waals surface area contributed by atoms with Gasteiger partial charge in [0.1, 0.15) is 0 Å². The molecule has 2 aliphatic rings. The lowest BCUT2D eigenvalue weighted by Crippen LogP contribution is -2.43. The van der Waals surface area contributed by atoms with Gasteiger partial charge in [0.05, 0.1) is 0 Å². The lowest BCUT2D eigenvalue weighted by molar-refractivity contribution is 0.205. The predicted molar refractivity (Wildman–Crippen MR) is 68.8 cm³/mol. The predicted octanol–water partition coefficient (Wildman–Crippen LogP) is 1.15. The highest BCUT2D eigenvalue weighted by Gasteiger charge is 2.34. The molecule has 94 valence electrons. The molecule has 2 aliphatic heterocycles. The van der Waals surface area contributed by atoms with Crippen molar-refractivity contribution in [2.75, 3.05) is 33.7 Å². The summed E-state index contributed by atoms with van der Waals surface area (Å²) in [6.45, 7) is 6.08. The van der Waals surface area contributed by atoms with Crippen LogP contribution in [0.2, 0.25) is 0 Å². The molecule has 2 bridgehead atoms. The average Bonchev–Trinajstić information content (AvgIpc) is 2.53. The third-order valence-electron chi connectivity index (χ3n) is 4.61. The molecule has 0 radical (unpaired) electrons. The van der Waals surface area contributed by atoms with Crippen LogP contribution in [0, 0.1) is 0 Å². The molecule has 0 spiro atoms. The molecule has 2 saturated heterocycles. The summed E-state index contributed by atoms with van der Waals surface area (Å²) in [5.74, 6) is 0. The zero-order chi connectivity index (χ0) is 11.5. The average molecular weight is 225 g/mol. The minimum atomic E-state index is 0.668. The molecular formula is C13H27N3. The molecule has 3 heteroatoms. The summed E-state index contributed by atoms with van der Waals surface area (Å²) >= 11 is 0. The van der Waals surface area contributed by atoms with Crippen molar-refractivity contribution in [3.63, 3.8) is 0 Å². The van der Waals surface area contributed by atoms with Gasteiger partial charge in [0.15, 0.2) is 0 Å². The van der Waals surface area contributed by atoms with Crippen molar-refractivity contribution in [2.45, 2.75) is 50.7 Å². The van der Waals surface area contributed by atoms with Gasteiger partial charge in [-0.15, -0.1) is 0 Å². The normalized spacial score (nSPS) is 33.9. The van der Waals surface area contributed by atoms with Crippen LogP contribution in [0.1, 0.15) is 32.6 Å². The van der Waals surface area contributed by atoms with Crippen LogP contribution in [-0.4, -0.2) is 61.7 Å². The van der Waals surface area contributed by atoms with Crippen LogP contribution in [0.25, 0.3) is 0 Å². The van der Waals surface area contributed by atoms with E-state index in [4.69, 9.17) is 0 Å². The Labute approximate surface area is 100 Å². The van der Waals surface area contributed by atoms with E-state index >= 15 is 0 Å². The zero-order valence-electron chi connectivity index (χ0n) is 11.1. The number of likely N-dealkylation sites (N-methyl/N-ethyl adjacent to an activating group) is 2. The van der Waals surface area contributed by atoms with E-state index in [9.17, 15) is 0 Å². The van der Waals surface area contributed by atoms with E-state index in [1.807, 2.05) is 0 Å². The number of fused-ring (bicyclic) bond motifs is 2. The second-order valence-corrected chi connectivity index (χ2v) is 5.49. The number of nitrogens with one attached hydrogen (secondary N) is 1. The first kappa shape index (κ1) is 12.3. The number of hydrogen-bond acceptors (Lipinski definition) is 3. The van der Waals surface area contributed by atoms with Gasteiger partial charge in [-0.05, 0) is 46.3 Å². The summed E-state index contributed by atoms with van der Waals surface area (Å²) in [5.41, 5.74) is 0. The van der Waals surface area contributed by atoms with Crippen molar-refractivity contribution < 1.29 is 0 Å². The third kappa shape index (κ3) is 2.58. The van der Waals surface area contributed by atoms with Crippen molar-refractivity contribution in [3.8, 4) is 0 Å². The maximum atomic E-state index is 3.42. The maximum absolute atomic E-state index is 3.42. The summed E-state index contributed by atoms with van der Waals surface area (Å²) in [5, 5.41) is 3.42. The third-order valence-corrected chi connectivity index (χ3v) is 4.61. The Balaban J connectivity index is 1.88. The largest absolute Gasteiger partial charge is 0.316 e. The van der Waals surface area contributed by atoms with Gasteiger partial charge in [0.25, 0.3) is 0 Å². The van der Waals surface area contributed by atoms with E-state index in [-0.39, 0.29) is 0 Å². The van der Waals surface area contributed by atoms with Crippen LogP contribution in [-0.2, 0) is 0 Å². The highest BCUT2D eigenvalue weighted by atomic mass is 15.3. The fourth-order valence-corrected chi connectivity index (χ4v) is 3.28. The van der Waals surface area contributed by atoms with E-state index in [2.05, 4.69) is 36.1 Å². The minimum Gasteiger partial charge on any atom is -0.316 e. The Bertz CT molecular complexity index is 215. The number of likely N-dealkylation sites (tertiary alicyclic amines) is 1. The van der Waals surface area contributed by atoms with Gasteiger partial charge in [-0.25, -0.2) is 0 Å². The Morgan fingerprint density at radius 1 is 1.25 bits per heavy atom. The van der Waals surface area contributed by atoms with Gasteiger partial charge >= 0.3 is 0 Å². The second-order valence-electron chi connectivity index (χ2n) is 5.49. The van der Waals surface area contributed by atoms with Crippen LogP contribution in [0.4, 0.5) is 0 Å². The molecule has 2 heterocycles. The van der Waals surface area contributed by atoms with Crippen molar-refractivity contribution in [2.24, 2.45) is 0 Å². The molecule has 3 atom stereocenters. The maximum Gasteiger partial charge on any atom is 0.0223 e. The van der Waals surface area contributed by atoms with Gasteiger partial charge in [-0.2, -0.15) is 0 Å². The Morgan fingerprint density at radius 3 is 2.69 bits per heavy atom. The fraction of sp³-hybridized carbons (Fsp3) is 1.00. The molecule has 0 saturated carbocycles. The van der Waals surface area contributed by atoms with Crippen LogP contribution in [0.5, 0.6) is 0 Å². The Morgan fingerprint density at radius 2 is 2.00 bits per heavy atom. The van der Waals surface area contributed by atoms with Crippen LogP contribution in [0.3, 0.4) is 0 Å². The van der Waals surface area contributed by atoms with Crippen LogP contribution >= 0.6 is 0 Å². The molecule has 1 N–H and O–H groups in total. The number of hydrogen-bond donors (Lipinski definition) is 1. The monoisotopic (exact) mass is 225 g/mol. The first-order valence-electron chi connectivity index (χ1n) is 6.86. The minimum absolute atomic E-state index is 0.668. The van der Waals surface area contributed by atoms with Crippen LogP contribution < -0.4 is 5.32 Å². The molecule has 0 amide bonds. The lowest BCUT2D eigenvalue weighted by Gasteiger charge is -2.28. The molecule has 0 aromatic carbocycles. The topological polar surface area (TPSA) is 18.5 Å². The molecule has 3 unspecified atom stereocenters. The van der Waals surface area contributed by atoms with Gasteiger partial charge in [0.2, 0.25) is 0 Å². The van der Waals surface area contributed by atoms with Crippen LogP contribution in [0.15, 0.2) is 0 Å². The zero-order valence-corrected chi connectivity index (χ0v) is 11.1. The second kappa shape index (κ2) is 5.48. The molecule has 2 rings (SSSR count). The van der Waals surface area contributed by atoms with Gasteiger partial charge in [-0.3, -0.25) is 4.90 Å². The number of nitrogens with zero attached hydrogens (tertiary/aromatic N) is 2. The standard InChI is InChI=1S/C13H27N3/c1-4-11(14-2)9-16-8-7-12-5-6-13(10-16)15(12)3/h11-14H,4-10H2,1-3H3. The summed E-state index contributed by atoms with van der Waals surface area (Å²) in [6.07, 6.45) is 5.44. The lowest BCUT2D eigenvalue weighted by atomic mass is 10.1. The van der Waals surface area contributed by atoms with Crippen molar-refractivity contribution in [1.82, 2.24) is 15.1 Å². The molecule has 0 aromatic rings. The van der Waals surface area contributed by atoms with Crippen molar-refractivity contribution >= 4 is 0 Å². The SMILES string of the molecule is CCC(CN1CCC2CCC(C1)N2C)NC. The summed E-state index contributed by atoms with van der Waals surface area (Å²) in [7, 11) is 4.41. The molecule has 0 aromatic heterocycles. The summed E-state index contributed by atoms with van der Waals surface area (Å²) in [6, 6.07) is 2.36. The highest BCUT2D eigenvalue weighted by Crippen LogP contribution is 2.28. The Kier molecular flexibility index (Phi) is 4.22. The highest BCUT2D eigenvalue weighted by molar-refractivity contribution is 4.91. The van der Waals surface area contributed by atoms with Gasteiger partial charge < -0.3 is 10.2 Å². The quantitative estimate of drug-likeness (QED) is 0.774. The summed E-state index contributed by atoms with van der Waals surface area (Å²) < 4.78 is 0.